The maximum Gasteiger partial charge on any atom is 0.264 e. The molecule has 0 aliphatic carbocycles. The van der Waals surface area contributed by atoms with Crippen LogP contribution in [-0.4, -0.2) is 57.9 Å². The Balaban J connectivity index is 1.44. The van der Waals surface area contributed by atoms with Crippen LogP contribution in [0.5, 0.6) is 0 Å². The summed E-state index contributed by atoms with van der Waals surface area (Å²) in [5, 5.41) is 0.250. The van der Waals surface area contributed by atoms with E-state index >= 15 is 0 Å². The van der Waals surface area contributed by atoms with Crippen molar-refractivity contribution in [1.29, 1.82) is 0 Å². The predicted molar refractivity (Wildman–Crippen MR) is 150 cm³/mol. The number of thiazole rings is 1. The Morgan fingerprint density at radius 2 is 1.79 bits per heavy atom. The number of anilines is 2. The number of aryl methyl sites for hydroxylation is 1. The zero-order valence-electron chi connectivity index (χ0n) is 21.6. The zero-order chi connectivity index (χ0) is 27.7. The van der Waals surface area contributed by atoms with Crippen LogP contribution in [0.4, 0.5) is 19.6 Å². The summed E-state index contributed by atoms with van der Waals surface area (Å²) >= 11 is 1.03. The van der Waals surface area contributed by atoms with Gasteiger partial charge in [0.1, 0.15) is 11.3 Å². The minimum absolute atomic E-state index is 0.00469. The van der Waals surface area contributed by atoms with E-state index in [9.17, 15) is 22.0 Å². The number of fused-ring (bicyclic) bond motifs is 2. The molecule has 0 bridgehead atoms. The number of nitrogens with zero attached hydrogens (tertiary/aromatic N) is 4. The topological polar surface area (TPSA) is 73.8 Å². The Morgan fingerprint density at radius 1 is 1.05 bits per heavy atom. The molecular formula is C28H28F2N4O3S2. The molecule has 2 heterocycles. The van der Waals surface area contributed by atoms with Gasteiger partial charge in [-0.15, -0.1) is 0 Å². The summed E-state index contributed by atoms with van der Waals surface area (Å²) in [6.07, 6.45) is 2.16. The number of benzene rings is 3. The fraction of sp³-hybridized carbons (Fsp3) is 0.286. The number of hydrogen-bond donors (Lipinski definition) is 0. The van der Waals surface area contributed by atoms with E-state index in [4.69, 9.17) is 0 Å². The largest absolute Gasteiger partial charge is 0.309 e. The summed E-state index contributed by atoms with van der Waals surface area (Å²) in [7, 11) is 0.0124. The van der Waals surface area contributed by atoms with E-state index in [-0.39, 0.29) is 21.1 Å². The number of hydrogen-bond acceptors (Lipinski definition) is 6. The molecule has 0 spiro atoms. The minimum Gasteiger partial charge on any atom is -0.309 e. The molecule has 1 aliphatic heterocycles. The number of carbonyl (C=O) groups is 1. The fourth-order valence-corrected chi connectivity index (χ4v) is 7.26. The van der Waals surface area contributed by atoms with Gasteiger partial charge in [0.15, 0.2) is 10.9 Å². The first-order chi connectivity index (χ1) is 18.6. The van der Waals surface area contributed by atoms with Gasteiger partial charge in [0.25, 0.3) is 15.9 Å². The maximum atomic E-state index is 14.3. The molecule has 1 aliphatic rings. The van der Waals surface area contributed by atoms with Crippen LogP contribution in [-0.2, 0) is 16.4 Å². The first-order valence-corrected chi connectivity index (χ1v) is 14.8. The van der Waals surface area contributed by atoms with Gasteiger partial charge in [-0.1, -0.05) is 29.5 Å². The number of para-hydroxylation sites is 1. The normalized spacial score (nSPS) is 13.6. The Kier molecular flexibility index (Phi) is 7.66. The van der Waals surface area contributed by atoms with Crippen molar-refractivity contribution >= 4 is 48.3 Å². The van der Waals surface area contributed by atoms with Crippen molar-refractivity contribution in [3.63, 3.8) is 0 Å². The molecule has 0 fully saturated rings. The number of carbonyl (C=O) groups excluding carboxylic acids is 1. The van der Waals surface area contributed by atoms with Crippen molar-refractivity contribution in [2.24, 2.45) is 0 Å². The molecule has 204 valence electrons. The van der Waals surface area contributed by atoms with E-state index in [1.807, 2.05) is 43.3 Å². The van der Waals surface area contributed by atoms with Crippen LogP contribution in [0.15, 0.2) is 65.6 Å². The van der Waals surface area contributed by atoms with Crippen LogP contribution in [0.1, 0.15) is 28.8 Å². The zero-order valence-corrected chi connectivity index (χ0v) is 23.2. The van der Waals surface area contributed by atoms with E-state index in [0.29, 0.717) is 36.4 Å². The predicted octanol–water partition coefficient (Wildman–Crippen LogP) is 5.31. The highest BCUT2D eigenvalue weighted by Gasteiger charge is 2.29. The standard InChI is InChI=1S/C28H28F2N4O3S2/c1-32(2)14-6-15-33(28-31-26-23(30)17-21(29)18-25(26)38-28)27(35)20-10-12-22(13-11-20)39(36,37)34-16-5-8-19-7-3-4-9-24(19)34/h3-4,7,9-13,17-18H,5-6,8,14-16H2,1-2H3. The van der Waals surface area contributed by atoms with Gasteiger partial charge >= 0.3 is 0 Å². The smallest absolute Gasteiger partial charge is 0.264 e. The lowest BCUT2D eigenvalue weighted by atomic mass is 10.0. The highest BCUT2D eigenvalue weighted by molar-refractivity contribution is 7.92. The summed E-state index contributed by atoms with van der Waals surface area (Å²) in [5.74, 6) is -1.91. The van der Waals surface area contributed by atoms with Crippen molar-refractivity contribution in [3.05, 3.63) is 83.4 Å². The number of sulfonamides is 1. The van der Waals surface area contributed by atoms with E-state index < -0.39 is 27.6 Å². The highest BCUT2D eigenvalue weighted by atomic mass is 32.2. The molecule has 0 saturated heterocycles. The quantitative estimate of drug-likeness (QED) is 0.287. The van der Waals surface area contributed by atoms with Gasteiger partial charge in [-0.05, 0) is 81.9 Å². The molecule has 0 radical (unpaired) electrons. The summed E-state index contributed by atoms with van der Waals surface area (Å²) < 4.78 is 56.8. The Bertz CT molecular complexity index is 1620. The second kappa shape index (κ2) is 11.0. The van der Waals surface area contributed by atoms with E-state index in [0.717, 1.165) is 35.8 Å². The van der Waals surface area contributed by atoms with Crippen LogP contribution in [0.25, 0.3) is 10.2 Å². The van der Waals surface area contributed by atoms with Crippen molar-refractivity contribution in [2.45, 2.75) is 24.2 Å². The molecule has 7 nitrogen and oxygen atoms in total. The van der Waals surface area contributed by atoms with Crippen LogP contribution in [0.2, 0.25) is 0 Å². The van der Waals surface area contributed by atoms with Crippen LogP contribution >= 0.6 is 11.3 Å². The lowest BCUT2D eigenvalue weighted by Gasteiger charge is -2.30. The lowest BCUT2D eigenvalue weighted by Crippen LogP contribution is -2.35. The van der Waals surface area contributed by atoms with Gasteiger partial charge < -0.3 is 4.90 Å². The third kappa shape index (κ3) is 5.52. The molecule has 3 aromatic carbocycles. The molecule has 4 aromatic rings. The molecule has 39 heavy (non-hydrogen) atoms. The number of aromatic nitrogens is 1. The van der Waals surface area contributed by atoms with E-state index in [1.54, 1.807) is 0 Å². The third-order valence-electron chi connectivity index (χ3n) is 6.62. The second-order valence-electron chi connectivity index (χ2n) is 9.68. The van der Waals surface area contributed by atoms with Gasteiger partial charge in [0, 0.05) is 24.7 Å². The minimum atomic E-state index is -3.82. The molecular weight excluding hydrogens is 542 g/mol. The SMILES string of the molecule is CN(C)CCCN(C(=O)c1ccc(S(=O)(=O)N2CCCc3ccccc32)cc1)c1nc2c(F)cc(F)cc2s1. The van der Waals surface area contributed by atoms with Gasteiger partial charge in [-0.25, -0.2) is 22.2 Å². The summed E-state index contributed by atoms with van der Waals surface area (Å²) in [6, 6.07) is 15.3. The average molecular weight is 571 g/mol. The third-order valence-corrected chi connectivity index (χ3v) is 9.47. The van der Waals surface area contributed by atoms with E-state index in [1.165, 1.54) is 39.5 Å². The molecule has 0 N–H and O–H groups in total. The summed E-state index contributed by atoms with van der Waals surface area (Å²) in [6.45, 7) is 1.38. The maximum absolute atomic E-state index is 14.3. The van der Waals surface area contributed by atoms with Crippen LogP contribution in [0, 0.1) is 11.6 Å². The van der Waals surface area contributed by atoms with Crippen molar-refractivity contribution in [3.8, 4) is 0 Å². The van der Waals surface area contributed by atoms with Gasteiger partial charge in [-0.3, -0.25) is 14.0 Å². The van der Waals surface area contributed by atoms with Crippen molar-refractivity contribution < 1.29 is 22.0 Å². The molecule has 0 atom stereocenters. The molecule has 0 unspecified atom stereocenters. The Hall–Kier alpha value is -3.41. The van der Waals surface area contributed by atoms with Gasteiger partial charge in [-0.2, -0.15) is 0 Å². The van der Waals surface area contributed by atoms with Crippen molar-refractivity contribution in [1.82, 2.24) is 9.88 Å². The average Bonchev–Trinajstić information content (AvgIpc) is 3.34. The molecule has 1 aromatic heterocycles. The van der Waals surface area contributed by atoms with Crippen molar-refractivity contribution in [2.75, 3.05) is 42.9 Å². The lowest BCUT2D eigenvalue weighted by molar-refractivity contribution is 0.0986. The first kappa shape index (κ1) is 27.2. The summed E-state index contributed by atoms with van der Waals surface area (Å²) in [4.78, 5) is 21.4. The fourth-order valence-electron chi connectivity index (χ4n) is 4.69. The molecule has 0 saturated carbocycles. The Labute approximate surface area is 230 Å². The van der Waals surface area contributed by atoms with Crippen LogP contribution < -0.4 is 9.21 Å². The van der Waals surface area contributed by atoms with Crippen LogP contribution in [0.3, 0.4) is 0 Å². The monoisotopic (exact) mass is 570 g/mol. The molecule has 1 amide bonds. The second-order valence-corrected chi connectivity index (χ2v) is 12.5. The van der Waals surface area contributed by atoms with Gasteiger partial charge in [0.05, 0.1) is 15.3 Å². The number of rotatable bonds is 8. The highest BCUT2D eigenvalue weighted by Crippen LogP contribution is 2.34. The number of amides is 1. The van der Waals surface area contributed by atoms with Gasteiger partial charge in [0.2, 0.25) is 0 Å². The first-order valence-electron chi connectivity index (χ1n) is 12.6. The molecule has 5 rings (SSSR count). The van der Waals surface area contributed by atoms with E-state index in [2.05, 4.69) is 4.98 Å². The Morgan fingerprint density at radius 3 is 2.54 bits per heavy atom. The number of halogens is 2. The summed E-state index contributed by atoms with van der Waals surface area (Å²) in [5.41, 5.74) is 1.93. The molecule has 11 heteroatoms.